The molecule has 0 aliphatic heterocycles. The average molecular weight is 218 g/mol. The lowest BCUT2D eigenvalue weighted by Gasteiger charge is -2.11. The first-order valence-electron chi connectivity index (χ1n) is 4.97. The third kappa shape index (κ3) is 2.74. The SMILES string of the molecule is Cc1cccc(NC(=O)C(C)N=[N+]=[N-])c1C. The second-order valence-electron chi connectivity index (χ2n) is 3.62. The number of benzene rings is 1. The number of carbonyl (C=O) groups excluding carboxylic acids is 1. The summed E-state index contributed by atoms with van der Waals surface area (Å²) < 4.78 is 0. The van der Waals surface area contributed by atoms with Crippen molar-refractivity contribution in [3.8, 4) is 0 Å². The van der Waals surface area contributed by atoms with E-state index in [9.17, 15) is 4.79 Å². The highest BCUT2D eigenvalue weighted by atomic mass is 16.2. The summed E-state index contributed by atoms with van der Waals surface area (Å²) in [6.45, 7) is 5.46. The van der Waals surface area contributed by atoms with Crippen LogP contribution >= 0.6 is 0 Å². The van der Waals surface area contributed by atoms with E-state index in [1.165, 1.54) is 0 Å². The number of hydrogen-bond donors (Lipinski definition) is 1. The van der Waals surface area contributed by atoms with Crippen molar-refractivity contribution in [1.29, 1.82) is 0 Å². The molecule has 0 aliphatic rings. The standard InChI is InChI=1S/C11H14N4O/c1-7-5-4-6-10(8(7)2)13-11(16)9(3)14-15-12/h4-6,9H,1-3H3,(H,13,16). The molecule has 1 unspecified atom stereocenters. The molecule has 1 amide bonds. The van der Waals surface area contributed by atoms with Crippen LogP contribution in [0.25, 0.3) is 10.4 Å². The minimum absolute atomic E-state index is 0.300. The summed E-state index contributed by atoms with van der Waals surface area (Å²) in [7, 11) is 0. The molecule has 0 fully saturated rings. The van der Waals surface area contributed by atoms with Crippen LogP contribution in [-0.4, -0.2) is 11.9 Å². The Balaban J connectivity index is 2.85. The van der Waals surface area contributed by atoms with E-state index in [-0.39, 0.29) is 5.91 Å². The summed E-state index contributed by atoms with van der Waals surface area (Å²) in [5, 5.41) is 6.07. The largest absolute Gasteiger partial charge is 0.325 e. The highest BCUT2D eigenvalue weighted by molar-refractivity contribution is 5.95. The number of carbonyl (C=O) groups is 1. The van der Waals surface area contributed by atoms with Crippen LogP contribution in [-0.2, 0) is 4.79 Å². The number of aryl methyl sites for hydroxylation is 1. The molecule has 5 nitrogen and oxygen atoms in total. The summed E-state index contributed by atoms with van der Waals surface area (Å²) >= 11 is 0. The minimum atomic E-state index is -0.704. The number of anilines is 1. The number of amides is 1. The number of rotatable bonds is 3. The summed E-state index contributed by atoms with van der Waals surface area (Å²) in [6, 6.07) is 4.96. The molecule has 0 radical (unpaired) electrons. The smallest absolute Gasteiger partial charge is 0.233 e. The Morgan fingerprint density at radius 2 is 2.19 bits per heavy atom. The lowest BCUT2D eigenvalue weighted by Crippen LogP contribution is -2.23. The lowest BCUT2D eigenvalue weighted by molar-refractivity contribution is -0.117. The van der Waals surface area contributed by atoms with Crippen molar-refractivity contribution >= 4 is 11.6 Å². The summed E-state index contributed by atoms with van der Waals surface area (Å²) in [5.74, 6) is -0.300. The third-order valence-corrected chi connectivity index (χ3v) is 2.47. The van der Waals surface area contributed by atoms with Gasteiger partial charge in [0.2, 0.25) is 5.91 Å². The van der Waals surface area contributed by atoms with Crippen LogP contribution in [0.5, 0.6) is 0 Å². The Morgan fingerprint density at radius 1 is 1.50 bits per heavy atom. The fourth-order valence-corrected chi connectivity index (χ4v) is 1.25. The molecule has 0 saturated carbocycles. The maximum atomic E-state index is 11.6. The molecule has 1 atom stereocenters. The molecule has 0 spiro atoms. The third-order valence-electron chi connectivity index (χ3n) is 2.47. The van der Waals surface area contributed by atoms with Crippen LogP contribution in [0, 0.1) is 13.8 Å². The molecule has 1 aromatic carbocycles. The van der Waals surface area contributed by atoms with Gasteiger partial charge in [-0.15, -0.1) is 0 Å². The molecule has 1 aromatic rings. The zero-order chi connectivity index (χ0) is 12.1. The van der Waals surface area contributed by atoms with Crippen molar-refractivity contribution in [2.24, 2.45) is 5.11 Å². The number of nitrogens with one attached hydrogen (secondary N) is 1. The first-order chi connectivity index (χ1) is 7.56. The van der Waals surface area contributed by atoms with Gasteiger partial charge in [0.1, 0.15) is 6.04 Å². The van der Waals surface area contributed by atoms with Gasteiger partial charge in [0.05, 0.1) is 0 Å². The molecule has 0 bridgehead atoms. The number of nitrogens with zero attached hydrogens (tertiary/aromatic N) is 3. The van der Waals surface area contributed by atoms with Crippen molar-refractivity contribution in [2.75, 3.05) is 5.32 Å². The van der Waals surface area contributed by atoms with E-state index in [1.54, 1.807) is 6.92 Å². The Bertz CT molecular complexity index is 449. The normalized spacial score (nSPS) is 11.4. The van der Waals surface area contributed by atoms with Gasteiger partial charge in [0.15, 0.2) is 0 Å². The molecular formula is C11H14N4O. The zero-order valence-electron chi connectivity index (χ0n) is 9.56. The maximum Gasteiger partial charge on any atom is 0.233 e. The Hall–Kier alpha value is -2.00. The first-order valence-corrected chi connectivity index (χ1v) is 4.97. The summed E-state index contributed by atoms with van der Waals surface area (Å²) in [5.41, 5.74) is 11.1. The fourth-order valence-electron chi connectivity index (χ4n) is 1.25. The Kier molecular flexibility index (Phi) is 3.91. The van der Waals surface area contributed by atoms with Crippen LogP contribution in [0.3, 0.4) is 0 Å². The van der Waals surface area contributed by atoms with E-state index in [1.807, 2.05) is 32.0 Å². The predicted molar refractivity (Wildman–Crippen MR) is 63.2 cm³/mol. The van der Waals surface area contributed by atoms with Gasteiger partial charge in [-0.2, -0.15) is 0 Å². The van der Waals surface area contributed by atoms with E-state index >= 15 is 0 Å². The van der Waals surface area contributed by atoms with Gasteiger partial charge >= 0.3 is 0 Å². The topological polar surface area (TPSA) is 77.9 Å². The second kappa shape index (κ2) is 5.19. The molecule has 1 N–H and O–H groups in total. The van der Waals surface area contributed by atoms with Crippen molar-refractivity contribution < 1.29 is 4.79 Å². The van der Waals surface area contributed by atoms with Crippen LogP contribution < -0.4 is 5.32 Å². The van der Waals surface area contributed by atoms with Crippen LogP contribution in [0.1, 0.15) is 18.1 Å². The van der Waals surface area contributed by atoms with Crippen LogP contribution in [0.4, 0.5) is 5.69 Å². The number of hydrogen-bond acceptors (Lipinski definition) is 2. The highest BCUT2D eigenvalue weighted by Crippen LogP contribution is 2.18. The average Bonchev–Trinajstić information content (AvgIpc) is 2.25. The van der Waals surface area contributed by atoms with Crippen LogP contribution in [0.2, 0.25) is 0 Å². The first kappa shape index (κ1) is 12.1. The van der Waals surface area contributed by atoms with E-state index in [0.717, 1.165) is 16.8 Å². The van der Waals surface area contributed by atoms with E-state index in [0.29, 0.717) is 0 Å². The zero-order valence-corrected chi connectivity index (χ0v) is 9.56. The molecule has 0 aromatic heterocycles. The van der Waals surface area contributed by atoms with E-state index in [4.69, 9.17) is 5.53 Å². The molecular weight excluding hydrogens is 204 g/mol. The van der Waals surface area contributed by atoms with Crippen LogP contribution in [0.15, 0.2) is 23.3 Å². The van der Waals surface area contributed by atoms with E-state index < -0.39 is 6.04 Å². The van der Waals surface area contributed by atoms with Gasteiger partial charge in [-0.25, -0.2) is 0 Å². The van der Waals surface area contributed by atoms with Gasteiger partial charge in [-0.1, -0.05) is 17.2 Å². The van der Waals surface area contributed by atoms with Gasteiger partial charge < -0.3 is 5.32 Å². The van der Waals surface area contributed by atoms with Crippen molar-refractivity contribution in [1.82, 2.24) is 0 Å². The quantitative estimate of drug-likeness (QED) is 0.472. The van der Waals surface area contributed by atoms with E-state index in [2.05, 4.69) is 15.3 Å². The summed E-state index contributed by atoms with van der Waals surface area (Å²) in [6.07, 6.45) is 0. The summed E-state index contributed by atoms with van der Waals surface area (Å²) in [4.78, 5) is 14.2. The molecule has 0 heterocycles. The molecule has 1 rings (SSSR count). The van der Waals surface area contributed by atoms with Crippen molar-refractivity contribution in [3.05, 3.63) is 39.8 Å². The molecule has 84 valence electrons. The van der Waals surface area contributed by atoms with Gasteiger partial charge in [-0.05, 0) is 43.5 Å². The molecule has 5 heteroatoms. The molecule has 16 heavy (non-hydrogen) atoms. The lowest BCUT2D eigenvalue weighted by atomic mass is 10.1. The second-order valence-corrected chi connectivity index (χ2v) is 3.62. The maximum absolute atomic E-state index is 11.6. The van der Waals surface area contributed by atoms with Gasteiger partial charge in [-0.3, -0.25) is 4.79 Å². The molecule has 0 aliphatic carbocycles. The Labute approximate surface area is 94.1 Å². The Morgan fingerprint density at radius 3 is 2.81 bits per heavy atom. The monoisotopic (exact) mass is 218 g/mol. The minimum Gasteiger partial charge on any atom is -0.325 e. The van der Waals surface area contributed by atoms with Crippen molar-refractivity contribution in [3.63, 3.8) is 0 Å². The van der Waals surface area contributed by atoms with Gasteiger partial charge in [0.25, 0.3) is 0 Å². The van der Waals surface area contributed by atoms with Gasteiger partial charge in [0, 0.05) is 10.6 Å². The predicted octanol–water partition coefficient (Wildman–Crippen LogP) is 2.94. The van der Waals surface area contributed by atoms with Crippen molar-refractivity contribution in [2.45, 2.75) is 26.8 Å². The molecule has 0 saturated heterocycles. The highest BCUT2D eigenvalue weighted by Gasteiger charge is 2.12. The fraction of sp³-hybridized carbons (Fsp3) is 0.364. The number of azide groups is 1.